The molecule has 0 aromatic heterocycles. The van der Waals surface area contributed by atoms with E-state index in [1.54, 1.807) is 18.2 Å². The van der Waals surface area contributed by atoms with Crippen LogP contribution in [0.15, 0.2) is 54.6 Å². The summed E-state index contributed by atoms with van der Waals surface area (Å²) in [6.45, 7) is 1.60. The molecule has 0 saturated carbocycles. The van der Waals surface area contributed by atoms with E-state index in [0.717, 1.165) is 5.69 Å². The van der Waals surface area contributed by atoms with Gasteiger partial charge in [0.05, 0.1) is 0 Å². The Bertz CT molecular complexity index is 619. The largest absolute Gasteiger partial charge is 0.489 e. The van der Waals surface area contributed by atoms with Crippen molar-refractivity contribution < 1.29 is 13.9 Å². The van der Waals surface area contributed by atoms with Crippen LogP contribution in [0.25, 0.3) is 0 Å². The zero-order valence-corrected chi connectivity index (χ0v) is 13.2. The van der Waals surface area contributed by atoms with Crippen LogP contribution in [0.1, 0.15) is 6.42 Å². The number of nitrogens with zero attached hydrogens (tertiary/aromatic N) is 1. The summed E-state index contributed by atoms with van der Waals surface area (Å²) in [5, 5.41) is 2.84. The van der Waals surface area contributed by atoms with Crippen molar-refractivity contribution in [2.75, 3.05) is 32.1 Å². The number of nitrogens with one attached hydrogen (secondary N) is 1. The first-order valence-corrected chi connectivity index (χ1v) is 7.56. The zero-order valence-electron chi connectivity index (χ0n) is 13.2. The standard InChI is InChI=1S/C18H21FN2O2/c1-21(13-14-23-17-10-6-5-9-16(17)19)12-11-18(22)20-15-7-3-2-4-8-15/h2-10H,11-14H2,1H3,(H,20,22). The summed E-state index contributed by atoms with van der Waals surface area (Å²) in [7, 11) is 1.90. The molecule has 0 spiro atoms. The quantitative estimate of drug-likeness (QED) is 0.813. The van der Waals surface area contributed by atoms with Crippen molar-refractivity contribution in [2.45, 2.75) is 6.42 Å². The van der Waals surface area contributed by atoms with Gasteiger partial charge in [0.25, 0.3) is 0 Å². The fraction of sp³-hybridized carbons (Fsp3) is 0.278. The molecule has 23 heavy (non-hydrogen) atoms. The molecule has 2 aromatic carbocycles. The second kappa shape index (κ2) is 8.90. The van der Waals surface area contributed by atoms with Crippen molar-refractivity contribution in [2.24, 2.45) is 0 Å². The molecule has 2 aromatic rings. The zero-order chi connectivity index (χ0) is 16.5. The summed E-state index contributed by atoms with van der Waals surface area (Å²) in [6.07, 6.45) is 0.394. The van der Waals surface area contributed by atoms with Gasteiger partial charge in [-0.2, -0.15) is 0 Å². The van der Waals surface area contributed by atoms with E-state index < -0.39 is 0 Å². The first kappa shape index (κ1) is 17.0. The maximum absolute atomic E-state index is 13.4. The van der Waals surface area contributed by atoms with Gasteiger partial charge in [0.15, 0.2) is 11.6 Å². The van der Waals surface area contributed by atoms with Gasteiger partial charge in [0.2, 0.25) is 5.91 Å². The molecule has 2 rings (SSSR count). The highest BCUT2D eigenvalue weighted by molar-refractivity contribution is 5.90. The minimum Gasteiger partial charge on any atom is -0.489 e. The second-order valence-corrected chi connectivity index (χ2v) is 5.25. The number of hydrogen-bond donors (Lipinski definition) is 1. The van der Waals surface area contributed by atoms with Gasteiger partial charge in [0.1, 0.15) is 6.61 Å². The maximum atomic E-state index is 13.4. The number of anilines is 1. The molecule has 0 heterocycles. The molecule has 0 aliphatic heterocycles. The van der Waals surface area contributed by atoms with Crippen molar-refractivity contribution >= 4 is 11.6 Å². The van der Waals surface area contributed by atoms with E-state index in [0.29, 0.717) is 26.1 Å². The summed E-state index contributed by atoms with van der Waals surface area (Å²) < 4.78 is 18.8. The van der Waals surface area contributed by atoms with Crippen molar-refractivity contribution in [3.05, 3.63) is 60.4 Å². The van der Waals surface area contributed by atoms with E-state index in [1.807, 2.05) is 42.3 Å². The molecule has 0 radical (unpaired) electrons. The molecule has 122 valence electrons. The normalized spacial score (nSPS) is 10.6. The third-order valence-electron chi connectivity index (χ3n) is 3.35. The second-order valence-electron chi connectivity index (χ2n) is 5.25. The van der Waals surface area contributed by atoms with Gasteiger partial charge < -0.3 is 15.0 Å². The molecular weight excluding hydrogens is 295 g/mol. The monoisotopic (exact) mass is 316 g/mol. The number of likely N-dealkylation sites (N-methyl/N-ethyl adjacent to an activating group) is 1. The molecule has 0 bridgehead atoms. The summed E-state index contributed by atoms with van der Waals surface area (Å²) in [5.41, 5.74) is 0.794. The van der Waals surface area contributed by atoms with Crippen LogP contribution in [0, 0.1) is 5.82 Å². The predicted octanol–water partition coefficient (Wildman–Crippen LogP) is 3.17. The number of carbonyl (C=O) groups is 1. The molecule has 0 saturated heterocycles. The van der Waals surface area contributed by atoms with Gasteiger partial charge in [-0.05, 0) is 31.3 Å². The Balaban J connectivity index is 1.64. The smallest absolute Gasteiger partial charge is 0.225 e. The number of hydrogen-bond acceptors (Lipinski definition) is 3. The topological polar surface area (TPSA) is 41.6 Å². The highest BCUT2D eigenvalue weighted by atomic mass is 19.1. The van der Waals surface area contributed by atoms with E-state index in [-0.39, 0.29) is 17.5 Å². The van der Waals surface area contributed by atoms with Crippen molar-refractivity contribution in [1.82, 2.24) is 4.90 Å². The van der Waals surface area contributed by atoms with Crippen molar-refractivity contribution in [3.63, 3.8) is 0 Å². The fourth-order valence-corrected chi connectivity index (χ4v) is 2.02. The number of rotatable bonds is 8. The molecule has 1 amide bonds. The molecule has 0 aliphatic rings. The lowest BCUT2D eigenvalue weighted by Crippen LogP contribution is -2.28. The van der Waals surface area contributed by atoms with Crippen LogP contribution >= 0.6 is 0 Å². The summed E-state index contributed by atoms with van der Waals surface area (Å²) >= 11 is 0. The number of halogens is 1. The highest BCUT2D eigenvalue weighted by Crippen LogP contribution is 2.15. The van der Waals surface area contributed by atoms with Crippen LogP contribution in [0.5, 0.6) is 5.75 Å². The molecular formula is C18H21FN2O2. The summed E-state index contributed by atoms with van der Waals surface area (Å²) in [4.78, 5) is 13.8. The average Bonchev–Trinajstić information content (AvgIpc) is 2.56. The molecule has 5 heteroatoms. The van der Waals surface area contributed by atoms with E-state index in [4.69, 9.17) is 4.74 Å². The number of ether oxygens (including phenoxy) is 1. The number of para-hydroxylation sites is 2. The van der Waals surface area contributed by atoms with E-state index >= 15 is 0 Å². The molecule has 0 atom stereocenters. The third kappa shape index (κ3) is 6.08. The minimum absolute atomic E-state index is 0.0296. The Morgan fingerprint density at radius 3 is 2.52 bits per heavy atom. The Morgan fingerprint density at radius 2 is 1.78 bits per heavy atom. The Hall–Kier alpha value is -2.40. The van der Waals surface area contributed by atoms with Gasteiger partial charge in [-0.3, -0.25) is 4.79 Å². The first-order chi connectivity index (χ1) is 11.1. The lowest BCUT2D eigenvalue weighted by Gasteiger charge is -2.17. The number of amides is 1. The van der Waals surface area contributed by atoms with Crippen LogP contribution in [0.3, 0.4) is 0 Å². The molecule has 0 unspecified atom stereocenters. The molecule has 0 fully saturated rings. The van der Waals surface area contributed by atoms with Crippen LogP contribution < -0.4 is 10.1 Å². The Morgan fingerprint density at radius 1 is 1.09 bits per heavy atom. The van der Waals surface area contributed by atoms with Crippen molar-refractivity contribution in [3.8, 4) is 5.75 Å². The fourth-order valence-electron chi connectivity index (χ4n) is 2.02. The maximum Gasteiger partial charge on any atom is 0.225 e. The number of benzene rings is 2. The van der Waals surface area contributed by atoms with Crippen LogP contribution in [0.2, 0.25) is 0 Å². The van der Waals surface area contributed by atoms with Crippen LogP contribution in [-0.4, -0.2) is 37.6 Å². The van der Waals surface area contributed by atoms with Crippen LogP contribution in [-0.2, 0) is 4.79 Å². The Kier molecular flexibility index (Phi) is 6.56. The molecule has 0 aliphatic carbocycles. The van der Waals surface area contributed by atoms with E-state index in [9.17, 15) is 9.18 Å². The SMILES string of the molecule is CN(CCOc1ccccc1F)CCC(=O)Nc1ccccc1. The number of carbonyl (C=O) groups excluding carboxylic acids is 1. The first-order valence-electron chi connectivity index (χ1n) is 7.56. The summed E-state index contributed by atoms with van der Waals surface area (Å²) in [5.74, 6) is -0.141. The third-order valence-corrected chi connectivity index (χ3v) is 3.35. The molecule has 4 nitrogen and oxygen atoms in total. The van der Waals surface area contributed by atoms with Crippen LogP contribution in [0.4, 0.5) is 10.1 Å². The minimum atomic E-state index is -0.364. The Labute approximate surface area is 135 Å². The van der Waals surface area contributed by atoms with Gasteiger partial charge in [-0.15, -0.1) is 0 Å². The van der Waals surface area contributed by atoms with E-state index in [2.05, 4.69) is 5.32 Å². The predicted molar refractivity (Wildman–Crippen MR) is 89.1 cm³/mol. The average molecular weight is 316 g/mol. The lowest BCUT2D eigenvalue weighted by molar-refractivity contribution is -0.116. The highest BCUT2D eigenvalue weighted by Gasteiger charge is 2.06. The lowest BCUT2D eigenvalue weighted by atomic mass is 10.3. The van der Waals surface area contributed by atoms with Gasteiger partial charge >= 0.3 is 0 Å². The van der Waals surface area contributed by atoms with Crippen molar-refractivity contribution in [1.29, 1.82) is 0 Å². The van der Waals surface area contributed by atoms with Gasteiger partial charge in [-0.1, -0.05) is 30.3 Å². The molecule has 1 N–H and O–H groups in total. The van der Waals surface area contributed by atoms with Gasteiger partial charge in [-0.25, -0.2) is 4.39 Å². The van der Waals surface area contributed by atoms with Gasteiger partial charge in [0, 0.05) is 25.2 Å². The van der Waals surface area contributed by atoms with E-state index in [1.165, 1.54) is 6.07 Å². The summed E-state index contributed by atoms with van der Waals surface area (Å²) in [6, 6.07) is 15.7.